The Morgan fingerprint density at radius 3 is 3.22 bits per heavy atom. The van der Waals surface area contributed by atoms with Crippen molar-refractivity contribution in [2.45, 2.75) is 13.0 Å². The van der Waals surface area contributed by atoms with Gasteiger partial charge in [0.2, 0.25) is 0 Å². The molecule has 5 heteroatoms. The number of rotatable bonds is 3. The van der Waals surface area contributed by atoms with Gasteiger partial charge in [-0.25, -0.2) is 4.79 Å². The molecule has 1 aromatic rings. The molecule has 0 aromatic heterocycles. The van der Waals surface area contributed by atoms with Gasteiger partial charge in [-0.3, -0.25) is 5.32 Å². The Hall–Kier alpha value is -1.59. The summed E-state index contributed by atoms with van der Waals surface area (Å²) in [5, 5.41) is 5.86. The first-order valence-electron chi connectivity index (χ1n) is 6.07. The molecule has 1 aliphatic rings. The van der Waals surface area contributed by atoms with Crippen LogP contribution < -0.4 is 10.6 Å². The molecule has 1 aromatic carbocycles. The maximum atomic E-state index is 11.6. The van der Waals surface area contributed by atoms with Crippen molar-refractivity contribution in [3.8, 4) is 0 Å². The Morgan fingerprint density at radius 1 is 1.61 bits per heavy atom. The minimum Gasteiger partial charge on any atom is -0.446 e. The predicted molar refractivity (Wildman–Crippen MR) is 68.8 cm³/mol. The van der Waals surface area contributed by atoms with Crippen LogP contribution in [0.3, 0.4) is 0 Å². The largest absolute Gasteiger partial charge is 0.446 e. The average Bonchev–Trinajstić information content (AvgIpc) is 2.38. The molecule has 1 unspecified atom stereocenters. The van der Waals surface area contributed by atoms with Crippen molar-refractivity contribution in [1.82, 2.24) is 5.32 Å². The van der Waals surface area contributed by atoms with E-state index in [4.69, 9.17) is 9.47 Å². The monoisotopic (exact) mass is 250 g/mol. The molecule has 1 aliphatic heterocycles. The topological polar surface area (TPSA) is 59.6 Å². The molecular weight excluding hydrogens is 232 g/mol. The van der Waals surface area contributed by atoms with Crippen molar-refractivity contribution in [2.75, 3.05) is 31.6 Å². The van der Waals surface area contributed by atoms with Gasteiger partial charge in [0, 0.05) is 18.8 Å². The number of morpholine rings is 1. The van der Waals surface area contributed by atoms with Crippen LogP contribution in [0.4, 0.5) is 10.5 Å². The van der Waals surface area contributed by atoms with Gasteiger partial charge in [-0.1, -0.05) is 12.1 Å². The van der Waals surface area contributed by atoms with Crippen LogP contribution in [-0.4, -0.2) is 38.5 Å². The maximum Gasteiger partial charge on any atom is 0.411 e. The summed E-state index contributed by atoms with van der Waals surface area (Å²) in [4.78, 5) is 11.6. The molecule has 0 saturated carbocycles. The van der Waals surface area contributed by atoms with Crippen LogP contribution in [0.5, 0.6) is 0 Å². The molecule has 2 N–H and O–H groups in total. The number of anilines is 1. The van der Waals surface area contributed by atoms with Crippen molar-refractivity contribution >= 4 is 11.8 Å². The normalized spacial score (nSPS) is 19.3. The number of benzene rings is 1. The van der Waals surface area contributed by atoms with Crippen molar-refractivity contribution in [2.24, 2.45) is 0 Å². The minimum atomic E-state index is -0.449. The Labute approximate surface area is 106 Å². The third-order valence-corrected chi connectivity index (χ3v) is 2.67. The van der Waals surface area contributed by atoms with Crippen LogP contribution in [-0.2, 0) is 9.47 Å². The summed E-state index contributed by atoms with van der Waals surface area (Å²) >= 11 is 0. The first-order valence-corrected chi connectivity index (χ1v) is 6.07. The van der Waals surface area contributed by atoms with Crippen molar-refractivity contribution < 1.29 is 14.3 Å². The van der Waals surface area contributed by atoms with E-state index in [0.717, 1.165) is 24.3 Å². The molecule has 18 heavy (non-hydrogen) atoms. The lowest BCUT2D eigenvalue weighted by Gasteiger charge is -2.23. The lowest BCUT2D eigenvalue weighted by atomic mass is 10.2. The van der Waals surface area contributed by atoms with Gasteiger partial charge in [-0.05, 0) is 24.6 Å². The van der Waals surface area contributed by atoms with Crippen LogP contribution in [0, 0.1) is 6.92 Å². The third-order valence-electron chi connectivity index (χ3n) is 2.67. The fourth-order valence-corrected chi connectivity index (χ4v) is 1.77. The summed E-state index contributed by atoms with van der Waals surface area (Å²) in [6.07, 6.45) is -0.503. The van der Waals surface area contributed by atoms with Crippen LogP contribution in [0.1, 0.15) is 5.56 Å². The van der Waals surface area contributed by atoms with Crippen molar-refractivity contribution in [1.29, 1.82) is 0 Å². The molecule has 1 heterocycles. The van der Waals surface area contributed by atoms with Gasteiger partial charge in [0.1, 0.15) is 12.7 Å². The first-order chi connectivity index (χ1) is 8.74. The Bertz CT molecular complexity index is 403. The zero-order chi connectivity index (χ0) is 12.8. The van der Waals surface area contributed by atoms with Crippen molar-refractivity contribution in [3.05, 3.63) is 29.8 Å². The summed E-state index contributed by atoms with van der Waals surface area (Å²) < 4.78 is 10.5. The van der Waals surface area contributed by atoms with E-state index in [1.165, 1.54) is 0 Å². The Balaban J connectivity index is 1.74. The van der Waals surface area contributed by atoms with Gasteiger partial charge in [0.15, 0.2) is 0 Å². The molecule has 5 nitrogen and oxygen atoms in total. The number of hydrogen-bond acceptors (Lipinski definition) is 4. The van der Waals surface area contributed by atoms with Gasteiger partial charge in [-0.15, -0.1) is 0 Å². The second-order valence-corrected chi connectivity index (χ2v) is 4.29. The molecule has 1 saturated heterocycles. The molecule has 0 spiro atoms. The van der Waals surface area contributed by atoms with Gasteiger partial charge in [0.25, 0.3) is 0 Å². The highest BCUT2D eigenvalue weighted by molar-refractivity contribution is 5.84. The summed E-state index contributed by atoms with van der Waals surface area (Å²) in [5.41, 5.74) is 1.83. The van der Waals surface area contributed by atoms with Gasteiger partial charge in [-0.2, -0.15) is 0 Å². The molecule has 1 atom stereocenters. The summed E-state index contributed by atoms with van der Waals surface area (Å²) in [5.74, 6) is 0. The van der Waals surface area contributed by atoms with E-state index in [9.17, 15) is 4.79 Å². The van der Waals surface area contributed by atoms with E-state index < -0.39 is 6.09 Å². The molecular formula is C13H18N2O3. The molecule has 0 radical (unpaired) electrons. The van der Waals surface area contributed by atoms with Gasteiger partial charge < -0.3 is 14.8 Å². The Kier molecular flexibility index (Phi) is 4.55. The number of amides is 1. The van der Waals surface area contributed by atoms with Crippen LogP contribution >= 0.6 is 0 Å². The van der Waals surface area contributed by atoms with E-state index in [0.29, 0.717) is 6.61 Å². The highest BCUT2D eigenvalue weighted by Crippen LogP contribution is 2.09. The lowest BCUT2D eigenvalue weighted by Crippen LogP contribution is -2.41. The van der Waals surface area contributed by atoms with Crippen LogP contribution in [0.2, 0.25) is 0 Å². The third kappa shape index (κ3) is 4.01. The second-order valence-electron chi connectivity index (χ2n) is 4.29. The molecule has 1 fully saturated rings. The highest BCUT2D eigenvalue weighted by Gasteiger charge is 2.15. The summed E-state index contributed by atoms with van der Waals surface area (Å²) in [6.45, 7) is 4.47. The average molecular weight is 250 g/mol. The van der Waals surface area contributed by atoms with Crippen molar-refractivity contribution in [3.63, 3.8) is 0 Å². The quantitative estimate of drug-likeness (QED) is 0.854. The van der Waals surface area contributed by atoms with Crippen LogP contribution in [0.25, 0.3) is 0 Å². The predicted octanol–water partition coefficient (Wildman–Crippen LogP) is 1.53. The molecule has 98 valence electrons. The highest BCUT2D eigenvalue weighted by atomic mass is 16.6. The zero-order valence-corrected chi connectivity index (χ0v) is 10.4. The number of carbonyl (C=O) groups is 1. The smallest absolute Gasteiger partial charge is 0.411 e. The Morgan fingerprint density at radius 2 is 2.50 bits per heavy atom. The summed E-state index contributed by atoms with van der Waals surface area (Å²) in [6, 6.07) is 7.57. The molecule has 0 aliphatic carbocycles. The van der Waals surface area contributed by atoms with E-state index in [2.05, 4.69) is 10.6 Å². The first kappa shape index (κ1) is 12.9. The molecule has 1 amide bonds. The van der Waals surface area contributed by atoms with E-state index in [-0.39, 0.29) is 12.7 Å². The fraction of sp³-hybridized carbons (Fsp3) is 0.462. The second kappa shape index (κ2) is 6.37. The minimum absolute atomic E-state index is 0.0537. The lowest BCUT2D eigenvalue weighted by molar-refractivity contribution is -0.00984. The summed E-state index contributed by atoms with van der Waals surface area (Å²) in [7, 11) is 0. The van der Waals surface area contributed by atoms with E-state index in [1.807, 2.05) is 31.2 Å². The number of nitrogens with one attached hydrogen (secondary N) is 2. The fourth-order valence-electron chi connectivity index (χ4n) is 1.77. The van der Waals surface area contributed by atoms with E-state index in [1.54, 1.807) is 0 Å². The van der Waals surface area contributed by atoms with Gasteiger partial charge >= 0.3 is 6.09 Å². The number of carbonyl (C=O) groups excluding carboxylic acids is 1. The number of hydrogen-bond donors (Lipinski definition) is 2. The van der Waals surface area contributed by atoms with E-state index >= 15 is 0 Å². The number of aryl methyl sites for hydroxylation is 1. The standard InChI is InChI=1S/C13H18N2O3/c1-10-3-2-4-11(7-10)15-13(16)18-9-12-8-14-5-6-17-12/h2-4,7,12,14H,5-6,8-9H2,1H3,(H,15,16). The SMILES string of the molecule is Cc1cccc(NC(=O)OCC2CNCCO2)c1. The molecule has 2 rings (SSSR count). The van der Waals surface area contributed by atoms with Crippen LogP contribution in [0.15, 0.2) is 24.3 Å². The van der Waals surface area contributed by atoms with Gasteiger partial charge in [0.05, 0.1) is 6.61 Å². The maximum absolute atomic E-state index is 11.6. The zero-order valence-electron chi connectivity index (χ0n) is 10.4. The number of ether oxygens (including phenoxy) is 2. The molecule has 0 bridgehead atoms.